The van der Waals surface area contributed by atoms with Crippen molar-refractivity contribution in [3.8, 4) is 11.5 Å². The van der Waals surface area contributed by atoms with Crippen LogP contribution in [0.4, 0.5) is 5.69 Å². The van der Waals surface area contributed by atoms with E-state index in [4.69, 9.17) is 4.42 Å². The number of rotatable bonds is 4. The van der Waals surface area contributed by atoms with Crippen molar-refractivity contribution < 1.29 is 8.98 Å². The Bertz CT molecular complexity index is 802. The van der Waals surface area contributed by atoms with Crippen LogP contribution in [0.2, 0.25) is 0 Å². The van der Waals surface area contributed by atoms with Gasteiger partial charge in [0.25, 0.3) is 0 Å². The van der Waals surface area contributed by atoms with Crippen LogP contribution in [0, 0.1) is 0 Å². The Morgan fingerprint density at radius 1 is 0.957 bits per heavy atom. The van der Waals surface area contributed by atoms with Crippen molar-refractivity contribution in [1.82, 2.24) is 10.2 Å². The zero-order chi connectivity index (χ0) is 16.2. The van der Waals surface area contributed by atoms with Gasteiger partial charge in [-0.2, -0.15) is 0 Å². The highest BCUT2D eigenvalue weighted by Gasteiger charge is 2.07. The molecule has 0 atom stereocenters. The molecule has 0 amide bonds. The van der Waals surface area contributed by atoms with Gasteiger partial charge in [0.1, 0.15) is 7.05 Å². The standard InChI is InChI=1S/C18H19N4O/c1-21(2)16-7-4-14(5-8-16)6-9-17-19-20-18(23-17)15-10-12-22(3)13-11-15/h4-13H,1-3H3/q+1. The lowest BCUT2D eigenvalue weighted by Crippen LogP contribution is -2.25. The van der Waals surface area contributed by atoms with Gasteiger partial charge in [0, 0.05) is 38.0 Å². The van der Waals surface area contributed by atoms with E-state index in [1.807, 2.05) is 62.4 Å². The molecule has 0 bridgehead atoms. The first-order valence-electron chi connectivity index (χ1n) is 7.36. The largest absolute Gasteiger partial charge is 0.417 e. The van der Waals surface area contributed by atoms with Crippen LogP contribution in [0.15, 0.2) is 53.2 Å². The maximum atomic E-state index is 5.67. The van der Waals surface area contributed by atoms with Gasteiger partial charge in [-0.1, -0.05) is 12.1 Å². The predicted octanol–water partition coefficient (Wildman–Crippen LogP) is 2.80. The van der Waals surface area contributed by atoms with E-state index in [2.05, 4.69) is 39.4 Å². The fourth-order valence-corrected chi connectivity index (χ4v) is 2.11. The molecule has 0 unspecified atom stereocenters. The van der Waals surface area contributed by atoms with Crippen molar-refractivity contribution in [2.24, 2.45) is 7.05 Å². The number of aromatic nitrogens is 3. The van der Waals surface area contributed by atoms with E-state index >= 15 is 0 Å². The van der Waals surface area contributed by atoms with Crippen molar-refractivity contribution in [2.45, 2.75) is 0 Å². The summed E-state index contributed by atoms with van der Waals surface area (Å²) in [6.45, 7) is 0. The molecular formula is C18H19N4O+. The Labute approximate surface area is 135 Å². The molecule has 5 heteroatoms. The summed E-state index contributed by atoms with van der Waals surface area (Å²) in [7, 11) is 6.01. The summed E-state index contributed by atoms with van der Waals surface area (Å²) >= 11 is 0. The lowest BCUT2D eigenvalue weighted by atomic mass is 10.2. The monoisotopic (exact) mass is 307 g/mol. The Balaban J connectivity index is 1.74. The van der Waals surface area contributed by atoms with Gasteiger partial charge < -0.3 is 9.32 Å². The van der Waals surface area contributed by atoms with E-state index in [0.717, 1.165) is 11.1 Å². The van der Waals surface area contributed by atoms with Gasteiger partial charge in [-0.05, 0) is 23.8 Å². The number of hydrogen-bond donors (Lipinski definition) is 0. The SMILES string of the molecule is CN(C)c1ccc(/C=C/c2nnc(-c3cc[n+](C)cc3)o2)cc1. The Morgan fingerprint density at radius 3 is 2.30 bits per heavy atom. The minimum Gasteiger partial charge on any atom is -0.417 e. The highest BCUT2D eigenvalue weighted by Crippen LogP contribution is 2.18. The summed E-state index contributed by atoms with van der Waals surface area (Å²) in [6.07, 6.45) is 7.68. The van der Waals surface area contributed by atoms with Gasteiger partial charge in [0.05, 0.1) is 5.56 Å². The number of hydrogen-bond acceptors (Lipinski definition) is 4. The maximum absolute atomic E-state index is 5.67. The van der Waals surface area contributed by atoms with Crippen molar-refractivity contribution in [3.63, 3.8) is 0 Å². The second-order valence-corrected chi connectivity index (χ2v) is 5.52. The van der Waals surface area contributed by atoms with E-state index < -0.39 is 0 Å². The van der Waals surface area contributed by atoms with Crippen LogP contribution < -0.4 is 9.47 Å². The van der Waals surface area contributed by atoms with Crippen LogP contribution in [0.3, 0.4) is 0 Å². The number of benzene rings is 1. The molecule has 0 N–H and O–H groups in total. The molecule has 0 saturated heterocycles. The van der Waals surface area contributed by atoms with Crippen LogP contribution in [0.25, 0.3) is 23.6 Å². The molecule has 5 nitrogen and oxygen atoms in total. The molecule has 116 valence electrons. The molecule has 2 heterocycles. The normalized spacial score (nSPS) is 11.1. The van der Waals surface area contributed by atoms with Crippen molar-refractivity contribution in [1.29, 1.82) is 0 Å². The van der Waals surface area contributed by atoms with E-state index in [9.17, 15) is 0 Å². The van der Waals surface area contributed by atoms with Crippen LogP contribution in [0.5, 0.6) is 0 Å². The number of anilines is 1. The second-order valence-electron chi connectivity index (χ2n) is 5.52. The Kier molecular flexibility index (Phi) is 4.19. The molecule has 0 radical (unpaired) electrons. The van der Waals surface area contributed by atoms with Gasteiger partial charge in [0.2, 0.25) is 11.8 Å². The lowest BCUT2D eigenvalue weighted by molar-refractivity contribution is -0.671. The van der Waals surface area contributed by atoms with E-state index in [1.165, 1.54) is 5.69 Å². The third-order valence-corrected chi connectivity index (χ3v) is 3.49. The number of nitrogens with zero attached hydrogens (tertiary/aromatic N) is 4. The number of pyridine rings is 1. The fraction of sp³-hybridized carbons (Fsp3) is 0.167. The third-order valence-electron chi connectivity index (χ3n) is 3.49. The Hall–Kier alpha value is -2.95. The molecule has 0 spiro atoms. The van der Waals surface area contributed by atoms with Crippen LogP contribution >= 0.6 is 0 Å². The molecule has 0 aliphatic carbocycles. The molecular weight excluding hydrogens is 288 g/mol. The highest BCUT2D eigenvalue weighted by atomic mass is 16.4. The molecule has 0 aliphatic heterocycles. The molecule has 1 aromatic carbocycles. The minimum absolute atomic E-state index is 0.491. The second kappa shape index (κ2) is 6.44. The molecule has 3 aromatic rings. The van der Waals surface area contributed by atoms with Gasteiger partial charge in [-0.25, -0.2) is 4.57 Å². The van der Waals surface area contributed by atoms with Crippen LogP contribution in [0.1, 0.15) is 11.5 Å². The predicted molar refractivity (Wildman–Crippen MR) is 90.6 cm³/mol. The Morgan fingerprint density at radius 2 is 1.65 bits per heavy atom. The van der Waals surface area contributed by atoms with Gasteiger partial charge >= 0.3 is 0 Å². The van der Waals surface area contributed by atoms with Gasteiger partial charge in [-0.3, -0.25) is 0 Å². The molecule has 23 heavy (non-hydrogen) atoms. The molecule has 0 aliphatic rings. The van der Waals surface area contributed by atoms with Gasteiger partial charge in [-0.15, -0.1) is 10.2 Å². The molecule has 3 rings (SSSR count). The van der Waals surface area contributed by atoms with Crippen molar-refractivity contribution >= 4 is 17.8 Å². The van der Waals surface area contributed by atoms with Crippen LogP contribution in [-0.2, 0) is 7.05 Å². The van der Waals surface area contributed by atoms with Crippen LogP contribution in [-0.4, -0.2) is 24.3 Å². The van der Waals surface area contributed by atoms with Crippen molar-refractivity contribution in [3.05, 3.63) is 60.2 Å². The molecule has 0 fully saturated rings. The highest BCUT2D eigenvalue weighted by molar-refractivity contribution is 5.67. The zero-order valence-corrected chi connectivity index (χ0v) is 13.5. The average molecular weight is 307 g/mol. The lowest BCUT2D eigenvalue weighted by Gasteiger charge is -2.11. The summed E-state index contributed by atoms with van der Waals surface area (Å²) in [5, 5.41) is 8.14. The maximum Gasteiger partial charge on any atom is 0.248 e. The first-order chi connectivity index (χ1) is 11.1. The first-order valence-corrected chi connectivity index (χ1v) is 7.36. The molecule has 2 aromatic heterocycles. The molecule has 0 saturated carbocycles. The quantitative estimate of drug-likeness (QED) is 0.695. The fourth-order valence-electron chi connectivity index (χ4n) is 2.11. The van der Waals surface area contributed by atoms with Gasteiger partial charge in [0.15, 0.2) is 12.4 Å². The van der Waals surface area contributed by atoms with E-state index in [1.54, 1.807) is 0 Å². The van der Waals surface area contributed by atoms with E-state index in [-0.39, 0.29) is 0 Å². The van der Waals surface area contributed by atoms with Crippen molar-refractivity contribution in [2.75, 3.05) is 19.0 Å². The average Bonchev–Trinajstić information content (AvgIpc) is 3.03. The summed E-state index contributed by atoms with van der Waals surface area (Å²) in [5.41, 5.74) is 3.16. The minimum atomic E-state index is 0.491. The van der Waals surface area contributed by atoms with E-state index in [0.29, 0.717) is 11.8 Å². The topological polar surface area (TPSA) is 46.0 Å². The summed E-state index contributed by atoms with van der Waals surface area (Å²) in [5.74, 6) is 1.01. The third kappa shape index (κ3) is 3.63. The summed E-state index contributed by atoms with van der Waals surface area (Å²) in [6, 6.07) is 12.1. The number of aryl methyl sites for hydroxylation is 1. The summed E-state index contributed by atoms with van der Waals surface area (Å²) in [4.78, 5) is 2.07. The smallest absolute Gasteiger partial charge is 0.248 e. The summed E-state index contributed by atoms with van der Waals surface area (Å²) < 4.78 is 7.62. The first kappa shape index (κ1) is 15.0. The zero-order valence-electron chi connectivity index (χ0n) is 13.5.